The molecule has 7 aromatic heterocycles. The first-order valence-electron chi connectivity index (χ1n) is 31.1. The third-order valence-corrected chi connectivity index (χ3v) is 19.5. The van der Waals surface area contributed by atoms with E-state index in [1.807, 2.05) is 182 Å². The number of pyridine rings is 7. The standard InChI is InChI=1S/C22H15F3N2O3S.C22H15N3.C21H16N2O.C9H6BrNO.C2F6O5S2/c1-14-5-4-8-20(27-14)17-7-3-2-6-16(17)15-9-10-19-18(13-15)21(11-12-26-19)30-31(28,29)22(23,24)25;1-15-5-4-8-22(25-15)19-7-3-2-6-18(19)16-9-10-21-20(13-16)17(14-23)11-12-24-21;1-14-5-4-8-20(23-14)17-7-3-2-6-16(17)15-9-10-19-18(13-15)21(24)11-12-22-19;10-6-1-2-8-7(5-6)9(12)3-4-11-8;3-1(4,5)14(9,10)13-15(11,12)2(6,7)8/h2-13H,1H3;2-13H,1H3;2-13H,1H3,(H,22,24);1-5H,(H,11,12);. The summed E-state index contributed by atoms with van der Waals surface area (Å²) >= 11 is 3.31. The van der Waals surface area contributed by atoms with Crippen molar-refractivity contribution in [3.8, 4) is 79.0 Å². The molecule has 0 fully saturated rings. The van der Waals surface area contributed by atoms with Crippen LogP contribution in [0.5, 0.6) is 5.75 Å². The number of H-pyrrole nitrogens is 2. The molecule has 0 aliphatic heterocycles. The van der Waals surface area contributed by atoms with E-state index in [0.29, 0.717) is 27.4 Å². The number of hydrogen-bond acceptors (Lipinski definition) is 16. The van der Waals surface area contributed by atoms with E-state index in [2.05, 4.69) is 85.3 Å². The van der Waals surface area contributed by atoms with Gasteiger partial charge in [-0.3, -0.25) is 34.5 Å². The maximum atomic E-state index is 12.8. The van der Waals surface area contributed by atoms with E-state index in [4.69, 9.17) is 0 Å². The van der Waals surface area contributed by atoms with Crippen LogP contribution in [0.25, 0.3) is 111 Å². The summed E-state index contributed by atoms with van der Waals surface area (Å²) in [5, 5.41) is 11.8. The normalized spacial score (nSPS) is 11.7. The minimum absolute atomic E-state index is 0.0248. The van der Waals surface area contributed by atoms with Crippen molar-refractivity contribution in [1.82, 2.24) is 34.9 Å². The second-order valence-electron chi connectivity index (χ2n) is 22.9. The molecule has 0 spiro atoms. The molecule has 0 bridgehead atoms. The highest BCUT2D eigenvalue weighted by Crippen LogP contribution is 2.39. The number of aromatic amines is 2. The van der Waals surface area contributed by atoms with Gasteiger partial charge in [-0.1, -0.05) is 125 Å². The number of nitriles is 1. The van der Waals surface area contributed by atoms with Crippen molar-refractivity contribution in [3.63, 3.8) is 0 Å². The van der Waals surface area contributed by atoms with Gasteiger partial charge in [0.25, 0.3) is 0 Å². The lowest BCUT2D eigenvalue weighted by Gasteiger charge is -2.13. The van der Waals surface area contributed by atoms with Gasteiger partial charge in [-0.05, 0) is 151 Å². The number of aromatic nitrogens is 7. The Labute approximate surface area is 612 Å². The molecule has 107 heavy (non-hydrogen) atoms. The fourth-order valence-corrected chi connectivity index (χ4v) is 13.0. The highest BCUT2D eigenvalue weighted by molar-refractivity contribution is 9.10. The average molecular weight is 1580 g/mol. The number of rotatable bonds is 10. The molecule has 2 N–H and O–H groups in total. The summed E-state index contributed by atoms with van der Waals surface area (Å²) < 4.78 is 177. The highest BCUT2D eigenvalue weighted by atomic mass is 79.9. The molecule has 544 valence electrons. The maximum Gasteiger partial charge on any atom is 0.534 e. The molecule has 0 aliphatic rings. The summed E-state index contributed by atoms with van der Waals surface area (Å²) in [6, 6.07) is 72.1. The van der Waals surface area contributed by atoms with Gasteiger partial charge in [0.15, 0.2) is 16.6 Å². The molecule has 14 aromatic rings. The summed E-state index contributed by atoms with van der Waals surface area (Å²) in [7, 11) is -19.5. The minimum Gasteiger partial charge on any atom is -0.375 e. The number of alkyl halides is 9. The molecule has 0 aliphatic carbocycles. The van der Waals surface area contributed by atoms with Crippen LogP contribution in [0.1, 0.15) is 22.6 Å². The Hall–Kier alpha value is -11.8. The van der Waals surface area contributed by atoms with Crippen molar-refractivity contribution in [2.45, 2.75) is 37.3 Å². The van der Waals surface area contributed by atoms with Gasteiger partial charge in [0, 0.05) is 114 Å². The second kappa shape index (κ2) is 32.3. The molecule has 0 atom stereocenters. The highest BCUT2D eigenvalue weighted by Gasteiger charge is 2.57. The number of hydrogen-bond donors (Lipinski definition) is 2. The fourth-order valence-electron chi connectivity index (χ4n) is 10.6. The Morgan fingerprint density at radius 3 is 1.18 bits per heavy atom. The van der Waals surface area contributed by atoms with Crippen LogP contribution in [0.4, 0.5) is 39.5 Å². The van der Waals surface area contributed by atoms with E-state index < -0.39 is 52.6 Å². The van der Waals surface area contributed by atoms with Crippen LogP contribution in [0.2, 0.25) is 0 Å². The van der Waals surface area contributed by atoms with Gasteiger partial charge in [0.05, 0.1) is 39.7 Å². The lowest BCUT2D eigenvalue weighted by molar-refractivity contribution is -0.0586. The molecule has 7 heterocycles. The quantitative estimate of drug-likeness (QED) is 0.0731. The summed E-state index contributed by atoms with van der Waals surface area (Å²) in [6.07, 6.45) is 6.19. The van der Waals surface area contributed by atoms with Gasteiger partial charge in [0.1, 0.15) is 0 Å². The summed E-state index contributed by atoms with van der Waals surface area (Å²) in [5.41, 5.74) is -0.479. The van der Waals surface area contributed by atoms with Crippen molar-refractivity contribution < 1.29 is 72.6 Å². The lowest BCUT2D eigenvalue weighted by Crippen LogP contribution is -2.34. The second-order valence-corrected chi connectivity index (χ2v) is 28.6. The van der Waals surface area contributed by atoms with Crippen LogP contribution in [0, 0.1) is 32.1 Å². The van der Waals surface area contributed by atoms with Gasteiger partial charge in [0.2, 0.25) is 0 Å². The molecule has 0 amide bonds. The Morgan fingerprint density at radius 2 is 0.766 bits per heavy atom. The summed E-state index contributed by atoms with van der Waals surface area (Å²) in [5.74, 6) is -0.449. The molecule has 18 nitrogen and oxygen atoms in total. The van der Waals surface area contributed by atoms with E-state index >= 15 is 0 Å². The Bertz CT molecular complexity index is 6180. The van der Waals surface area contributed by atoms with E-state index in [1.54, 1.807) is 48.9 Å². The zero-order valence-corrected chi connectivity index (χ0v) is 59.5. The van der Waals surface area contributed by atoms with Crippen molar-refractivity contribution in [2.24, 2.45) is 0 Å². The predicted octanol–water partition coefficient (Wildman–Crippen LogP) is 18.2. The van der Waals surface area contributed by atoms with Gasteiger partial charge < -0.3 is 14.2 Å². The van der Waals surface area contributed by atoms with Crippen molar-refractivity contribution in [3.05, 3.63) is 297 Å². The van der Waals surface area contributed by atoms with Crippen LogP contribution >= 0.6 is 15.9 Å². The zero-order chi connectivity index (χ0) is 77.2. The monoisotopic (exact) mass is 1580 g/mol. The van der Waals surface area contributed by atoms with Gasteiger partial charge in [-0.15, -0.1) is 3.63 Å². The first-order valence-corrected chi connectivity index (χ1v) is 36.1. The van der Waals surface area contributed by atoms with Crippen LogP contribution in [-0.4, -0.2) is 76.7 Å². The van der Waals surface area contributed by atoms with Crippen molar-refractivity contribution in [1.29, 1.82) is 5.26 Å². The number of nitrogens with zero attached hydrogens (tertiary/aromatic N) is 6. The van der Waals surface area contributed by atoms with Crippen LogP contribution in [-0.2, 0) is 34.0 Å². The number of halogens is 10. The Morgan fingerprint density at radius 1 is 0.402 bits per heavy atom. The molecule has 14 rings (SSSR count). The number of nitrogens with one attached hydrogen (secondary N) is 2. The van der Waals surface area contributed by atoms with Gasteiger partial charge >= 0.3 is 46.9 Å². The van der Waals surface area contributed by atoms with Gasteiger partial charge in [-0.2, -0.15) is 70.0 Å². The smallest absolute Gasteiger partial charge is 0.375 e. The van der Waals surface area contributed by atoms with Crippen LogP contribution < -0.4 is 15.0 Å². The van der Waals surface area contributed by atoms with Crippen molar-refractivity contribution in [2.75, 3.05) is 0 Å². The lowest BCUT2D eigenvalue weighted by atomic mass is 9.95. The first-order chi connectivity index (χ1) is 50.6. The Kier molecular flexibility index (Phi) is 23.5. The van der Waals surface area contributed by atoms with E-state index in [0.717, 1.165) is 111 Å². The molecule has 0 unspecified atom stereocenters. The van der Waals surface area contributed by atoms with E-state index in [1.165, 1.54) is 12.3 Å². The number of fused-ring (bicyclic) bond motifs is 4. The van der Waals surface area contributed by atoms with Gasteiger partial charge in [-0.25, -0.2) is 0 Å². The maximum absolute atomic E-state index is 12.8. The van der Waals surface area contributed by atoms with Crippen molar-refractivity contribution >= 4 is 89.9 Å². The van der Waals surface area contributed by atoms with E-state index in [9.17, 15) is 79.6 Å². The molecule has 31 heteroatoms. The average Bonchev–Trinajstić information content (AvgIpc) is 0.791. The molecular weight excluding hydrogens is 1530 g/mol. The zero-order valence-electron chi connectivity index (χ0n) is 55.4. The molecule has 0 saturated heterocycles. The SMILES string of the molecule is Cc1cccc(-c2ccccc2-c2ccc3[nH]ccc(=O)c3c2)n1.Cc1cccc(-c2ccccc2-c2ccc3nccc(C#N)c3c2)n1.Cc1cccc(-c2ccccc2-c2ccc3nccc(OS(=O)(=O)C(F)(F)F)c3c2)n1.O=S(=O)(OS(=O)(=O)C(F)(F)F)C(F)(F)F.O=c1cc[nH]c2ccc(Br)cc12. The fraction of sp³-hybridized carbons (Fsp3) is 0.0789. The first kappa shape index (κ1) is 77.8. The number of benzene rings is 7. The topological polar surface area (TPSA) is 275 Å². The molecule has 0 radical (unpaired) electrons. The molecular formula is C76H52BrF9N8O10S3. The van der Waals surface area contributed by atoms with Crippen LogP contribution in [0.15, 0.2) is 263 Å². The molecule has 0 saturated carbocycles. The predicted molar refractivity (Wildman–Crippen MR) is 392 cm³/mol. The number of aryl methyl sites for hydroxylation is 3. The molecule has 7 aromatic carbocycles. The third-order valence-electron chi connectivity index (χ3n) is 15.5. The Balaban J connectivity index is 0.000000148. The summed E-state index contributed by atoms with van der Waals surface area (Å²) in [6.45, 7) is 5.85. The largest absolute Gasteiger partial charge is 0.534 e. The third kappa shape index (κ3) is 18.6. The summed E-state index contributed by atoms with van der Waals surface area (Å²) in [4.78, 5) is 51.8. The minimum atomic E-state index is -6.85. The van der Waals surface area contributed by atoms with E-state index in [-0.39, 0.29) is 16.2 Å². The van der Waals surface area contributed by atoms with Crippen LogP contribution in [0.3, 0.4) is 0 Å².